The normalized spacial score (nSPS) is 23.7. The Morgan fingerprint density at radius 1 is 1.53 bits per heavy atom. The van der Waals surface area contributed by atoms with Crippen molar-refractivity contribution in [3.05, 3.63) is 12.7 Å². The molecule has 0 aliphatic carbocycles. The number of ether oxygens (including phenoxy) is 2. The molecule has 0 aromatic heterocycles. The fourth-order valence-electron chi connectivity index (χ4n) is 1.78. The van der Waals surface area contributed by atoms with E-state index in [2.05, 4.69) is 18.8 Å². The highest BCUT2D eigenvalue weighted by atomic mass is 16.6. The lowest BCUT2D eigenvalue weighted by Crippen LogP contribution is -2.46. The molecule has 88 valence electrons. The molecule has 0 aromatic carbocycles. The van der Waals surface area contributed by atoms with Gasteiger partial charge in [0.2, 0.25) is 0 Å². The van der Waals surface area contributed by atoms with Crippen molar-refractivity contribution in [1.29, 1.82) is 0 Å². The Bertz CT molecular complexity index is 167. The van der Waals surface area contributed by atoms with Crippen molar-refractivity contribution in [2.75, 3.05) is 26.4 Å². The molecule has 1 aliphatic heterocycles. The van der Waals surface area contributed by atoms with Gasteiger partial charge in [-0.05, 0) is 25.8 Å². The molecule has 2 atom stereocenters. The van der Waals surface area contributed by atoms with Gasteiger partial charge in [-0.15, -0.1) is 6.58 Å². The Hall–Kier alpha value is -0.380. The predicted molar refractivity (Wildman–Crippen MR) is 62.1 cm³/mol. The summed E-state index contributed by atoms with van der Waals surface area (Å²) in [6, 6.07) is 0.406. The molecule has 0 saturated carbocycles. The molecule has 2 unspecified atom stereocenters. The molecule has 0 aromatic rings. The van der Waals surface area contributed by atoms with Crippen LogP contribution in [0.2, 0.25) is 0 Å². The van der Waals surface area contributed by atoms with Crippen molar-refractivity contribution in [1.82, 2.24) is 5.32 Å². The maximum Gasteiger partial charge on any atom is 0.0962 e. The summed E-state index contributed by atoms with van der Waals surface area (Å²) in [5, 5.41) is 3.52. The number of rotatable bonds is 7. The van der Waals surface area contributed by atoms with E-state index in [1.54, 1.807) is 0 Å². The van der Waals surface area contributed by atoms with Crippen molar-refractivity contribution in [2.45, 2.75) is 38.3 Å². The minimum Gasteiger partial charge on any atom is -0.376 e. The van der Waals surface area contributed by atoms with Gasteiger partial charge in [0.1, 0.15) is 0 Å². The van der Waals surface area contributed by atoms with Crippen LogP contribution in [0.5, 0.6) is 0 Å². The topological polar surface area (TPSA) is 30.5 Å². The standard InChI is InChI=1S/C12H23NO2/c1-3-5-6-11(13-7-4-2)12-10-14-8-9-15-12/h3,11-13H,1,4-10H2,2H3. The van der Waals surface area contributed by atoms with Gasteiger partial charge in [0.15, 0.2) is 0 Å². The van der Waals surface area contributed by atoms with E-state index in [1.165, 1.54) is 0 Å². The minimum absolute atomic E-state index is 0.213. The highest BCUT2D eigenvalue weighted by Gasteiger charge is 2.23. The van der Waals surface area contributed by atoms with E-state index in [1.807, 2.05) is 6.08 Å². The fraction of sp³-hybridized carbons (Fsp3) is 0.833. The third-order valence-corrected chi connectivity index (χ3v) is 2.63. The smallest absolute Gasteiger partial charge is 0.0962 e. The number of allylic oxidation sites excluding steroid dienone is 1. The molecule has 1 N–H and O–H groups in total. The van der Waals surface area contributed by atoms with Gasteiger partial charge >= 0.3 is 0 Å². The van der Waals surface area contributed by atoms with E-state index in [-0.39, 0.29) is 6.10 Å². The molecule has 3 nitrogen and oxygen atoms in total. The Morgan fingerprint density at radius 2 is 2.40 bits per heavy atom. The molecule has 1 heterocycles. The second-order valence-electron chi connectivity index (χ2n) is 3.91. The highest BCUT2D eigenvalue weighted by molar-refractivity contribution is 4.81. The number of hydrogen-bond donors (Lipinski definition) is 1. The van der Waals surface area contributed by atoms with E-state index in [0.29, 0.717) is 6.04 Å². The first-order valence-corrected chi connectivity index (χ1v) is 5.92. The van der Waals surface area contributed by atoms with Crippen LogP contribution in [-0.2, 0) is 9.47 Å². The van der Waals surface area contributed by atoms with Crippen molar-refractivity contribution in [3.8, 4) is 0 Å². The fourth-order valence-corrected chi connectivity index (χ4v) is 1.78. The summed E-state index contributed by atoms with van der Waals surface area (Å²) >= 11 is 0. The summed E-state index contributed by atoms with van der Waals surface area (Å²) < 4.78 is 11.1. The Kier molecular flexibility index (Phi) is 6.64. The quantitative estimate of drug-likeness (QED) is 0.653. The Balaban J connectivity index is 2.33. The summed E-state index contributed by atoms with van der Waals surface area (Å²) in [5.41, 5.74) is 0. The van der Waals surface area contributed by atoms with Crippen molar-refractivity contribution in [2.24, 2.45) is 0 Å². The average Bonchev–Trinajstić information content (AvgIpc) is 2.30. The van der Waals surface area contributed by atoms with Gasteiger partial charge < -0.3 is 14.8 Å². The molecule has 1 rings (SSSR count). The van der Waals surface area contributed by atoms with Crippen LogP contribution in [0.15, 0.2) is 12.7 Å². The molecule has 0 amide bonds. The first kappa shape index (κ1) is 12.7. The van der Waals surface area contributed by atoms with Crippen LogP contribution in [0, 0.1) is 0 Å². The van der Waals surface area contributed by atoms with E-state index in [4.69, 9.17) is 9.47 Å². The molecular formula is C12H23NO2. The molecule has 3 heteroatoms. The van der Waals surface area contributed by atoms with Crippen LogP contribution in [0.3, 0.4) is 0 Å². The van der Waals surface area contributed by atoms with Gasteiger partial charge in [-0.25, -0.2) is 0 Å². The van der Waals surface area contributed by atoms with Gasteiger partial charge in [0, 0.05) is 6.04 Å². The minimum atomic E-state index is 0.213. The largest absolute Gasteiger partial charge is 0.376 e. The van der Waals surface area contributed by atoms with Gasteiger partial charge in [-0.1, -0.05) is 13.0 Å². The average molecular weight is 213 g/mol. The van der Waals surface area contributed by atoms with E-state index in [9.17, 15) is 0 Å². The number of hydrogen-bond acceptors (Lipinski definition) is 3. The van der Waals surface area contributed by atoms with Gasteiger partial charge in [0.05, 0.1) is 25.9 Å². The lowest BCUT2D eigenvalue weighted by atomic mass is 10.0. The van der Waals surface area contributed by atoms with Crippen molar-refractivity contribution >= 4 is 0 Å². The SMILES string of the molecule is C=CCCC(NCCC)C1COCCO1. The van der Waals surface area contributed by atoms with E-state index in [0.717, 1.165) is 45.6 Å². The maximum absolute atomic E-state index is 5.71. The van der Waals surface area contributed by atoms with Crippen LogP contribution in [0.4, 0.5) is 0 Å². The van der Waals surface area contributed by atoms with Crippen LogP contribution in [0.25, 0.3) is 0 Å². The molecule has 1 aliphatic rings. The van der Waals surface area contributed by atoms with Crippen molar-refractivity contribution in [3.63, 3.8) is 0 Å². The van der Waals surface area contributed by atoms with Gasteiger partial charge in [-0.2, -0.15) is 0 Å². The summed E-state index contributed by atoms with van der Waals surface area (Å²) in [6.07, 6.45) is 5.44. The third kappa shape index (κ3) is 4.78. The molecule has 0 spiro atoms. The lowest BCUT2D eigenvalue weighted by molar-refractivity contribution is -0.102. The zero-order chi connectivity index (χ0) is 10.9. The first-order valence-electron chi connectivity index (χ1n) is 5.92. The number of nitrogens with one attached hydrogen (secondary N) is 1. The molecule has 1 saturated heterocycles. The highest BCUT2D eigenvalue weighted by Crippen LogP contribution is 2.11. The Labute approximate surface area is 92.8 Å². The van der Waals surface area contributed by atoms with E-state index < -0.39 is 0 Å². The summed E-state index contributed by atoms with van der Waals surface area (Å²) in [6.45, 7) is 9.16. The molecule has 0 radical (unpaired) electrons. The van der Waals surface area contributed by atoms with Crippen molar-refractivity contribution < 1.29 is 9.47 Å². The van der Waals surface area contributed by atoms with Gasteiger partial charge in [0.25, 0.3) is 0 Å². The second kappa shape index (κ2) is 7.85. The predicted octanol–water partition coefficient (Wildman–Crippen LogP) is 1.74. The zero-order valence-electron chi connectivity index (χ0n) is 9.71. The molecule has 15 heavy (non-hydrogen) atoms. The van der Waals surface area contributed by atoms with Crippen LogP contribution < -0.4 is 5.32 Å². The molecule has 0 bridgehead atoms. The lowest BCUT2D eigenvalue weighted by Gasteiger charge is -2.31. The zero-order valence-corrected chi connectivity index (χ0v) is 9.71. The monoisotopic (exact) mass is 213 g/mol. The molecular weight excluding hydrogens is 190 g/mol. The summed E-state index contributed by atoms with van der Waals surface area (Å²) in [7, 11) is 0. The summed E-state index contributed by atoms with van der Waals surface area (Å²) in [4.78, 5) is 0. The van der Waals surface area contributed by atoms with Gasteiger partial charge in [-0.3, -0.25) is 0 Å². The van der Waals surface area contributed by atoms with Crippen LogP contribution >= 0.6 is 0 Å². The first-order chi connectivity index (χ1) is 7.38. The Morgan fingerprint density at radius 3 is 3.00 bits per heavy atom. The van der Waals surface area contributed by atoms with E-state index >= 15 is 0 Å². The summed E-state index contributed by atoms with van der Waals surface area (Å²) in [5.74, 6) is 0. The van der Waals surface area contributed by atoms with Crippen LogP contribution in [0.1, 0.15) is 26.2 Å². The van der Waals surface area contributed by atoms with Crippen LogP contribution in [-0.4, -0.2) is 38.5 Å². The third-order valence-electron chi connectivity index (χ3n) is 2.63. The second-order valence-corrected chi connectivity index (χ2v) is 3.91. The maximum atomic E-state index is 5.71. The molecule has 1 fully saturated rings.